The molecular formula is C11H16FN3O. The number of carbonyl (C=O) groups is 1. The maximum absolute atomic E-state index is 13.3. The molecule has 1 saturated carbocycles. The van der Waals surface area contributed by atoms with E-state index in [1.165, 1.54) is 0 Å². The maximum atomic E-state index is 13.3. The molecule has 0 bridgehead atoms. The van der Waals surface area contributed by atoms with E-state index in [1.807, 2.05) is 13.8 Å². The Labute approximate surface area is 93.6 Å². The molecule has 2 rings (SSSR count). The van der Waals surface area contributed by atoms with E-state index in [0.29, 0.717) is 12.1 Å². The second kappa shape index (κ2) is 4.23. The van der Waals surface area contributed by atoms with E-state index in [1.54, 1.807) is 0 Å². The van der Waals surface area contributed by atoms with E-state index < -0.39 is 6.17 Å². The number of carbonyl (C=O) groups excluding carboxylic acids is 1. The second-order valence-electron chi connectivity index (χ2n) is 4.35. The van der Waals surface area contributed by atoms with Crippen molar-refractivity contribution in [2.24, 2.45) is 0 Å². The van der Waals surface area contributed by atoms with Crippen molar-refractivity contribution in [1.29, 1.82) is 0 Å². The number of aromatic nitrogens is 2. The van der Waals surface area contributed by atoms with Gasteiger partial charge in [-0.3, -0.25) is 9.89 Å². The Morgan fingerprint density at radius 1 is 1.50 bits per heavy atom. The van der Waals surface area contributed by atoms with Crippen LogP contribution in [0.15, 0.2) is 0 Å². The topological polar surface area (TPSA) is 57.8 Å². The van der Waals surface area contributed by atoms with Crippen molar-refractivity contribution in [2.75, 3.05) is 0 Å². The summed E-state index contributed by atoms with van der Waals surface area (Å²) < 4.78 is 13.3. The Morgan fingerprint density at radius 2 is 2.25 bits per heavy atom. The first-order valence-electron chi connectivity index (χ1n) is 5.56. The van der Waals surface area contributed by atoms with Crippen molar-refractivity contribution in [3.05, 3.63) is 17.0 Å². The lowest BCUT2D eigenvalue weighted by Gasteiger charge is -2.13. The first-order chi connectivity index (χ1) is 7.59. The Balaban J connectivity index is 2.06. The molecule has 1 aliphatic carbocycles. The van der Waals surface area contributed by atoms with Crippen LogP contribution in [0.5, 0.6) is 0 Å². The molecule has 2 atom stereocenters. The molecule has 0 aliphatic heterocycles. The van der Waals surface area contributed by atoms with Crippen molar-refractivity contribution < 1.29 is 9.18 Å². The van der Waals surface area contributed by atoms with Gasteiger partial charge in [-0.05, 0) is 33.1 Å². The Hall–Kier alpha value is -1.39. The zero-order valence-electron chi connectivity index (χ0n) is 9.51. The Morgan fingerprint density at radius 3 is 2.75 bits per heavy atom. The van der Waals surface area contributed by atoms with Crippen LogP contribution >= 0.6 is 0 Å². The molecule has 1 aliphatic rings. The van der Waals surface area contributed by atoms with E-state index >= 15 is 0 Å². The van der Waals surface area contributed by atoms with Crippen LogP contribution in [0.2, 0.25) is 0 Å². The van der Waals surface area contributed by atoms with Gasteiger partial charge < -0.3 is 5.32 Å². The fourth-order valence-electron chi connectivity index (χ4n) is 2.02. The van der Waals surface area contributed by atoms with Crippen LogP contribution in [-0.4, -0.2) is 28.3 Å². The van der Waals surface area contributed by atoms with Crippen molar-refractivity contribution >= 4 is 5.91 Å². The largest absolute Gasteiger partial charge is 0.345 e. The minimum absolute atomic E-state index is 0.281. The van der Waals surface area contributed by atoms with Crippen LogP contribution in [0.3, 0.4) is 0 Å². The smallest absolute Gasteiger partial charge is 0.272 e. The summed E-state index contributed by atoms with van der Waals surface area (Å²) in [5, 5.41) is 9.37. The summed E-state index contributed by atoms with van der Waals surface area (Å²) in [6, 6.07) is -0.344. The van der Waals surface area contributed by atoms with Crippen molar-refractivity contribution in [3.63, 3.8) is 0 Å². The summed E-state index contributed by atoms with van der Waals surface area (Å²) in [5.41, 5.74) is 2.07. The minimum atomic E-state index is -0.913. The minimum Gasteiger partial charge on any atom is -0.345 e. The molecule has 4 nitrogen and oxygen atoms in total. The first-order valence-corrected chi connectivity index (χ1v) is 5.56. The van der Waals surface area contributed by atoms with Gasteiger partial charge in [0.05, 0.1) is 6.04 Å². The molecule has 1 fully saturated rings. The number of aryl methyl sites for hydroxylation is 1. The summed E-state index contributed by atoms with van der Waals surface area (Å²) >= 11 is 0. The molecule has 2 N–H and O–H groups in total. The van der Waals surface area contributed by atoms with E-state index in [4.69, 9.17) is 0 Å². The first kappa shape index (κ1) is 11.1. The Kier molecular flexibility index (Phi) is 2.94. The maximum Gasteiger partial charge on any atom is 0.272 e. The molecule has 0 aromatic carbocycles. The molecule has 1 heterocycles. The third kappa shape index (κ3) is 1.94. The molecule has 16 heavy (non-hydrogen) atoms. The standard InChI is InChI=1S/C11H16FN3O/c1-6-7(2)14-15-10(6)11(16)13-9-5-3-4-8(9)12/h8-9H,3-5H2,1-2H3,(H,13,16)(H,14,15)/t8-,9+/m1/s1. The summed E-state index contributed by atoms with van der Waals surface area (Å²) in [4.78, 5) is 11.8. The molecule has 0 spiro atoms. The van der Waals surface area contributed by atoms with Crippen LogP contribution in [0.1, 0.15) is 41.0 Å². The van der Waals surface area contributed by atoms with Crippen molar-refractivity contribution in [3.8, 4) is 0 Å². The van der Waals surface area contributed by atoms with Gasteiger partial charge in [-0.1, -0.05) is 0 Å². The van der Waals surface area contributed by atoms with Gasteiger partial charge in [0, 0.05) is 11.3 Å². The number of aromatic amines is 1. The number of nitrogens with zero attached hydrogens (tertiary/aromatic N) is 1. The fraction of sp³-hybridized carbons (Fsp3) is 0.636. The van der Waals surface area contributed by atoms with Crippen LogP contribution in [0.25, 0.3) is 0 Å². The van der Waals surface area contributed by atoms with Crippen LogP contribution in [0, 0.1) is 13.8 Å². The molecular weight excluding hydrogens is 209 g/mol. The monoisotopic (exact) mass is 225 g/mol. The quantitative estimate of drug-likeness (QED) is 0.804. The molecule has 5 heteroatoms. The highest BCUT2D eigenvalue weighted by atomic mass is 19.1. The number of nitrogens with one attached hydrogen (secondary N) is 2. The highest BCUT2D eigenvalue weighted by molar-refractivity contribution is 5.94. The normalized spacial score (nSPS) is 24.7. The van der Waals surface area contributed by atoms with E-state index in [0.717, 1.165) is 24.1 Å². The van der Waals surface area contributed by atoms with Gasteiger partial charge in [0.15, 0.2) is 5.69 Å². The van der Waals surface area contributed by atoms with Gasteiger partial charge in [0.2, 0.25) is 0 Å². The molecule has 1 aromatic rings. The third-order valence-corrected chi connectivity index (χ3v) is 3.22. The molecule has 0 saturated heterocycles. The molecule has 1 aromatic heterocycles. The van der Waals surface area contributed by atoms with Gasteiger partial charge in [-0.2, -0.15) is 5.10 Å². The number of rotatable bonds is 2. The summed E-state index contributed by atoms with van der Waals surface area (Å²) in [6.07, 6.45) is 1.19. The predicted octanol–water partition coefficient (Wildman–Crippen LogP) is 1.65. The van der Waals surface area contributed by atoms with Crippen molar-refractivity contribution in [2.45, 2.75) is 45.3 Å². The van der Waals surface area contributed by atoms with Gasteiger partial charge in [0.1, 0.15) is 6.17 Å². The average molecular weight is 225 g/mol. The average Bonchev–Trinajstić information content (AvgIpc) is 2.77. The lowest BCUT2D eigenvalue weighted by Crippen LogP contribution is -2.38. The summed E-state index contributed by atoms with van der Waals surface area (Å²) in [6.45, 7) is 3.68. The lowest BCUT2D eigenvalue weighted by atomic mass is 10.2. The van der Waals surface area contributed by atoms with Gasteiger partial charge in [0.25, 0.3) is 5.91 Å². The number of hydrogen-bond acceptors (Lipinski definition) is 2. The van der Waals surface area contributed by atoms with Gasteiger partial charge in [-0.25, -0.2) is 4.39 Å². The number of H-pyrrole nitrogens is 1. The summed E-state index contributed by atoms with van der Waals surface area (Å²) in [7, 11) is 0. The number of halogens is 1. The number of alkyl halides is 1. The number of amides is 1. The van der Waals surface area contributed by atoms with Crippen molar-refractivity contribution in [1.82, 2.24) is 15.5 Å². The zero-order chi connectivity index (χ0) is 11.7. The van der Waals surface area contributed by atoms with E-state index in [-0.39, 0.29) is 11.9 Å². The van der Waals surface area contributed by atoms with Crippen LogP contribution in [0.4, 0.5) is 4.39 Å². The lowest BCUT2D eigenvalue weighted by molar-refractivity contribution is 0.0913. The molecule has 0 unspecified atom stereocenters. The third-order valence-electron chi connectivity index (χ3n) is 3.22. The SMILES string of the molecule is Cc1[nH]nc(C(=O)N[C@H]2CCC[C@H]2F)c1C. The predicted molar refractivity (Wildman–Crippen MR) is 58.1 cm³/mol. The highest BCUT2D eigenvalue weighted by Gasteiger charge is 2.29. The summed E-state index contributed by atoms with van der Waals surface area (Å²) in [5.74, 6) is -0.281. The molecule has 0 radical (unpaired) electrons. The van der Waals surface area contributed by atoms with Gasteiger partial charge in [-0.15, -0.1) is 0 Å². The molecule has 88 valence electrons. The Bertz CT molecular complexity index is 402. The van der Waals surface area contributed by atoms with E-state index in [2.05, 4.69) is 15.5 Å². The fourth-order valence-corrected chi connectivity index (χ4v) is 2.02. The van der Waals surface area contributed by atoms with Crippen LogP contribution in [-0.2, 0) is 0 Å². The number of hydrogen-bond donors (Lipinski definition) is 2. The second-order valence-corrected chi connectivity index (χ2v) is 4.35. The highest BCUT2D eigenvalue weighted by Crippen LogP contribution is 2.22. The van der Waals surface area contributed by atoms with Crippen LogP contribution < -0.4 is 5.32 Å². The zero-order valence-corrected chi connectivity index (χ0v) is 9.51. The van der Waals surface area contributed by atoms with Gasteiger partial charge >= 0.3 is 0 Å². The van der Waals surface area contributed by atoms with E-state index in [9.17, 15) is 9.18 Å². The molecule has 1 amide bonds.